The van der Waals surface area contributed by atoms with Gasteiger partial charge < -0.3 is 49.4 Å². The van der Waals surface area contributed by atoms with Gasteiger partial charge in [-0.1, -0.05) is 6.92 Å². The average molecular weight is 709 g/mol. The number of carboxylic acids is 1. The third-order valence-corrected chi connectivity index (χ3v) is 7.60. The average Bonchev–Trinajstić information content (AvgIpc) is 3.38. The van der Waals surface area contributed by atoms with Crippen LogP contribution in [0.1, 0.15) is 46.1 Å². The van der Waals surface area contributed by atoms with Crippen molar-refractivity contribution in [2.45, 2.75) is 77.8 Å². The highest BCUT2D eigenvalue weighted by Gasteiger charge is 2.48. The standard InChI is InChI=1S/C33H44N2O15/c1-18(15-20(36)9-11-35-23(37)7-8-24(35)38)29(42)34-10-12-46-13-14-47-22-16-21(6-5-19(22)17-48-32(45)33(2,3)4)49-31-27(41)25(39)26(40)28(50-31)30(43)44/h5-8,16,18,25-28,31,39-41H,9-15,17H2,1-4H3,(H,34,42)(H,43,44)/t18-,25+,26+,27-,28+,31-/m1/s1. The van der Waals surface area contributed by atoms with E-state index in [4.69, 9.17) is 23.7 Å². The first kappa shape index (κ1) is 40.0. The highest BCUT2D eigenvalue weighted by molar-refractivity contribution is 6.13. The Bertz CT molecular complexity index is 1420. The summed E-state index contributed by atoms with van der Waals surface area (Å²) < 4.78 is 27.5. The Hall–Kier alpha value is -4.42. The summed E-state index contributed by atoms with van der Waals surface area (Å²) in [4.78, 5) is 72.6. The Balaban J connectivity index is 1.48. The maximum atomic E-state index is 12.4. The minimum absolute atomic E-state index is 0.00534. The lowest BCUT2D eigenvalue weighted by Gasteiger charge is -2.38. The number of hydrogen-bond donors (Lipinski definition) is 5. The molecule has 0 spiro atoms. The molecule has 0 aromatic heterocycles. The highest BCUT2D eigenvalue weighted by atomic mass is 16.7. The third kappa shape index (κ3) is 11.3. The lowest BCUT2D eigenvalue weighted by atomic mass is 9.97. The summed E-state index contributed by atoms with van der Waals surface area (Å²) in [5.74, 6) is -4.04. The molecular weight excluding hydrogens is 664 g/mol. The predicted octanol–water partition coefficient (Wildman–Crippen LogP) is -0.531. The maximum absolute atomic E-state index is 12.4. The van der Waals surface area contributed by atoms with Crippen molar-refractivity contribution in [3.8, 4) is 11.5 Å². The van der Waals surface area contributed by atoms with E-state index in [2.05, 4.69) is 5.32 Å². The largest absolute Gasteiger partial charge is 0.491 e. The fraction of sp³-hybridized carbons (Fsp3) is 0.576. The van der Waals surface area contributed by atoms with Crippen molar-refractivity contribution in [2.75, 3.05) is 32.9 Å². The van der Waals surface area contributed by atoms with Crippen molar-refractivity contribution < 1.29 is 72.9 Å². The number of benzene rings is 1. The number of nitrogens with one attached hydrogen (secondary N) is 1. The molecule has 1 aromatic rings. The Morgan fingerprint density at radius 3 is 2.30 bits per heavy atom. The quantitative estimate of drug-likeness (QED) is 0.0731. The van der Waals surface area contributed by atoms with Crippen molar-refractivity contribution in [3.63, 3.8) is 0 Å². The number of carbonyl (C=O) groups is 6. The monoisotopic (exact) mass is 708 g/mol. The first-order valence-corrected chi connectivity index (χ1v) is 15.9. The van der Waals surface area contributed by atoms with Crippen molar-refractivity contribution in [2.24, 2.45) is 11.3 Å². The second kappa shape index (κ2) is 18.0. The molecule has 0 aliphatic carbocycles. The lowest BCUT2D eigenvalue weighted by Crippen LogP contribution is -2.61. The zero-order valence-electron chi connectivity index (χ0n) is 28.2. The Kier molecular flexibility index (Phi) is 14.4. The van der Waals surface area contributed by atoms with Crippen LogP contribution in [0.3, 0.4) is 0 Å². The van der Waals surface area contributed by atoms with Crippen LogP contribution >= 0.6 is 0 Å². The topological polar surface area (TPSA) is 245 Å². The molecule has 2 aliphatic rings. The summed E-state index contributed by atoms with van der Waals surface area (Å²) in [7, 11) is 0. The molecular formula is C33H44N2O15. The number of hydrogen-bond acceptors (Lipinski definition) is 14. The number of ether oxygens (including phenoxy) is 5. The van der Waals surface area contributed by atoms with Crippen LogP contribution in [0, 0.1) is 11.3 Å². The van der Waals surface area contributed by atoms with Crippen molar-refractivity contribution in [1.29, 1.82) is 0 Å². The van der Waals surface area contributed by atoms with E-state index in [-0.39, 0.29) is 75.5 Å². The highest BCUT2D eigenvalue weighted by Crippen LogP contribution is 2.30. The molecule has 0 bridgehead atoms. The van der Waals surface area contributed by atoms with Crippen LogP contribution < -0.4 is 14.8 Å². The minimum Gasteiger partial charge on any atom is -0.491 e. The Morgan fingerprint density at radius 1 is 0.980 bits per heavy atom. The number of ketones is 1. The molecule has 5 N–H and O–H groups in total. The van der Waals surface area contributed by atoms with E-state index in [1.54, 1.807) is 27.7 Å². The number of carbonyl (C=O) groups excluding carboxylic acids is 5. The van der Waals surface area contributed by atoms with Gasteiger partial charge in [0.15, 0.2) is 6.10 Å². The molecule has 0 unspecified atom stereocenters. The van der Waals surface area contributed by atoms with Gasteiger partial charge in [0.1, 0.15) is 48.8 Å². The third-order valence-electron chi connectivity index (χ3n) is 7.60. The lowest BCUT2D eigenvalue weighted by molar-refractivity contribution is -0.271. The number of aliphatic hydroxyl groups excluding tert-OH is 3. The minimum atomic E-state index is -1.89. The first-order valence-electron chi connectivity index (χ1n) is 15.9. The summed E-state index contributed by atoms with van der Waals surface area (Å²) in [5.41, 5.74) is -0.333. The number of Topliss-reactive ketones (excluding diaryl/α,β-unsaturated/α-hetero) is 1. The number of nitrogens with zero attached hydrogens (tertiary/aromatic N) is 1. The second-order valence-corrected chi connectivity index (χ2v) is 12.8. The van der Waals surface area contributed by atoms with Gasteiger partial charge >= 0.3 is 11.9 Å². The van der Waals surface area contributed by atoms with Gasteiger partial charge in [0.25, 0.3) is 11.8 Å². The molecule has 17 nitrogen and oxygen atoms in total. The first-order chi connectivity index (χ1) is 23.5. The summed E-state index contributed by atoms with van der Waals surface area (Å²) >= 11 is 0. The zero-order chi connectivity index (χ0) is 37.2. The number of rotatable bonds is 18. The molecule has 1 fully saturated rings. The number of imide groups is 1. The molecule has 0 radical (unpaired) electrons. The van der Waals surface area contributed by atoms with Gasteiger partial charge in [-0.3, -0.25) is 28.9 Å². The van der Waals surface area contributed by atoms with Gasteiger partial charge in [-0.25, -0.2) is 4.79 Å². The summed E-state index contributed by atoms with van der Waals surface area (Å²) in [6.07, 6.45) is -6.90. The predicted molar refractivity (Wildman–Crippen MR) is 169 cm³/mol. The Labute approximate surface area is 288 Å². The molecule has 3 rings (SSSR count). The van der Waals surface area contributed by atoms with Gasteiger partial charge in [-0.2, -0.15) is 0 Å². The van der Waals surface area contributed by atoms with E-state index < -0.39 is 65.8 Å². The summed E-state index contributed by atoms with van der Waals surface area (Å²) in [6.45, 7) is 6.75. The fourth-order valence-corrected chi connectivity index (χ4v) is 4.66. The van der Waals surface area contributed by atoms with Crippen LogP contribution in [-0.4, -0.2) is 124 Å². The van der Waals surface area contributed by atoms with Crippen LogP contribution in [0.25, 0.3) is 0 Å². The van der Waals surface area contributed by atoms with Crippen LogP contribution in [-0.2, 0) is 49.6 Å². The normalized spacial score (nSPS) is 22.6. The number of carboxylic acid groups (broad SMARTS) is 1. The molecule has 50 heavy (non-hydrogen) atoms. The van der Waals surface area contributed by atoms with Crippen LogP contribution in [0.5, 0.6) is 11.5 Å². The van der Waals surface area contributed by atoms with Gasteiger partial charge in [0, 0.05) is 55.6 Å². The second-order valence-electron chi connectivity index (χ2n) is 12.8. The number of amides is 3. The molecule has 276 valence electrons. The zero-order valence-corrected chi connectivity index (χ0v) is 28.2. The Morgan fingerprint density at radius 2 is 1.66 bits per heavy atom. The van der Waals surface area contributed by atoms with E-state index in [0.29, 0.717) is 5.56 Å². The van der Waals surface area contributed by atoms with E-state index >= 15 is 0 Å². The van der Waals surface area contributed by atoms with Gasteiger partial charge in [-0.05, 0) is 32.9 Å². The molecule has 6 atom stereocenters. The smallest absolute Gasteiger partial charge is 0.335 e. The van der Waals surface area contributed by atoms with Crippen LogP contribution in [0.15, 0.2) is 30.4 Å². The summed E-state index contributed by atoms with van der Waals surface area (Å²) in [6, 6.07) is 4.32. The molecule has 3 amide bonds. The van der Waals surface area contributed by atoms with E-state index in [1.807, 2.05) is 0 Å². The van der Waals surface area contributed by atoms with Gasteiger partial charge in [-0.15, -0.1) is 0 Å². The molecule has 2 heterocycles. The van der Waals surface area contributed by atoms with E-state index in [9.17, 15) is 49.2 Å². The summed E-state index contributed by atoms with van der Waals surface area (Å²) in [5, 5.41) is 42.3. The SMILES string of the molecule is C[C@H](CC(=O)CCN1C(=O)C=CC1=O)C(=O)NCCOCCOc1cc(O[C@@H]2O[C@H](C(=O)O)[C@@H](O)[C@H](O)[C@H]2O)ccc1COC(=O)C(C)(C)C. The van der Waals surface area contributed by atoms with Crippen molar-refractivity contribution in [3.05, 3.63) is 35.9 Å². The van der Waals surface area contributed by atoms with E-state index in [0.717, 1.165) is 17.1 Å². The van der Waals surface area contributed by atoms with Crippen molar-refractivity contribution >= 4 is 35.4 Å². The van der Waals surface area contributed by atoms with Crippen molar-refractivity contribution in [1.82, 2.24) is 10.2 Å². The molecule has 0 saturated carbocycles. The molecule has 17 heteroatoms. The van der Waals surface area contributed by atoms with Gasteiger partial charge in [0.05, 0.1) is 18.6 Å². The maximum Gasteiger partial charge on any atom is 0.335 e. The van der Waals surface area contributed by atoms with Gasteiger partial charge in [0.2, 0.25) is 12.2 Å². The van der Waals surface area contributed by atoms with E-state index in [1.165, 1.54) is 18.2 Å². The fourth-order valence-electron chi connectivity index (χ4n) is 4.66. The van der Waals surface area contributed by atoms with Crippen LogP contribution in [0.2, 0.25) is 0 Å². The molecule has 1 aromatic carbocycles. The molecule has 2 aliphatic heterocycles. The number of esters is 1. The number of aliphatic carboxylic acids is 1. The molecule has 1 saturated heterocycles. The van der Waals surface area contributed by atoms with Crippen LogP contribution in [0.4, 0.5) is 0 Å². The number of aliphatic hydroxyl groups is 3.